The van der Waals surface area contributed by atoms with E-state index in [2.05, 4.69) is 16.0 Å². The maximum atomic E-state index is 9.27. The first-order valence-corrected chi connectivity index (χ1v) is 8.65. The molecule has 1 unspecified atom stereocenters. The van der Waals surface area contributed by atoms with Crippen molar-refractivity contribution in [3.05, 3.63) is 77.8 Å². The average molecular weight is 345 g/mol. The summed E-state index contributed by atoms with van der Waals surface area (Å²) in [5.74, 6) is 1.62. The molecule has 26 heavy (non-hydrogen) atoms. The maximum Gasteiger partial charge on any atom is 0.135 e. The maximum absolute atomic E-state index is 9.27. The standard InChI is InChI=1S/C21H19N3O2/c22-12-16-4-1-2-6-19(16)20-8-7-18(26-20)14-24-10-11-25-21(15-24)17-5-3-9-23-13-17/h1-9,13,21H,10-11,14-15H2. The Morgan fingerprint density at radius 1 is 1.15 bits per heavy atom. The highest BCUT2D eigenvalue weighted by Gasteiger charge is 2.23. The van der Waals surface area contributed by atoms with Crippen LogP contribution in [0, 0.1) is 11.3 Å². The molecule has 1 fully saturated rings. The molecule has 5 nitrogen and oxygen atoms in total. The van der Waals surface area contributed by atoms with E-state index in [1.165, 1.54) is 0 Å². The molecule has 0 spiro atoms. The molecular weight excluding hydrogens is 326 g/mol. The molecule has 0 saturated carbocycles. The van der Waals surface area contributed by atoms with Gasteiger partial charge < -0.3 is 9.15 Å². The minimum atomic E-state index is 0.0335. The molecule has 2 aromatic heterocycles. The minimum Gasteiger partial charge on any atom is -0.460 e. The van der Waals surface area contributed by atoms with Crippen molar-refractivity contribution in [2.75, 3.05) is 19.7 Å². The van der Waals surface area contributed by atoms with Crippen molar-refractivity contribution >= 4 is 0 Å². The predicted octanol–water partition coefficient (Wildman–Crippen LogP) is 3.79. The van der Waals surface area contributed by atoms with Gasteiger partial charge in [-0.25, -0.2) is 0 Å². The van der Waals surface area contributed by atoms with E-state index in [0.29, 0.717) is 12.2 Å². The average Bonchev–Trinajstić information content (AvgIpc) is 3.17. The topological polar surface area (TPSA) is 62.3 Å². The Morgan fingerprint density at radius 2 is 2.08 bits per heavy atom. The molecule has 0 N–H and O–H groups in total. The Morgan fingerprint density at radius 3 is 2.92 bits per heavy atom. The van der Waals surface area contributed by atoms with E-state index < -0.39 is 0 Å². The number of pyridine rings is 1. The summed E-state index contributed by atoms with van der Waals surface area (Å²) >= 11 is 0. The van der Waals surface area contributed by atoms with Crippen LogP contribution >= 0.6 is 0 Å². The van der Waals surface area contributed by atoms with Crippen LogP contribution < -0.4 is 0 Å². The number of hydrogen-bond donors (Lipinski definition) is 0. The largest absolute Gasteiger partial charge is 0.460 e. The molecule has 4 rings (SSSR count). The summed E-state index contributed by atoms with van der Waals surface area (Å²) in [7, 11) is 0. The van der Waals surface area contributed by atoms with E-state index in [4.69, 9.17) is 9.15 Å². The van der Waals surface area contributed by atoms with Crippen molar-refractivity contribution in [3.63, 3.8) is 0 Å². The third-order valence-electron chi connectivity index (χ3n) is 4.56. The number of nitriles is 1. The van der Waals surface area contributed by atoms with Gasteiger partial charge in [-0.1, -0.05) is 18.2 Å². The zero-order valence-electron chi connectivity index (χ0n) is 14.3. The SMILES string of the molecule is N#Cc1ccccc1-c1ccc(CN2CCOC(c3cccnc3)C2)o1. The molecule has 1 aliphatic rings. The predicted molar refractivity (Wildman–Crippen MR) is 97.1 cm³/mol. The molecule has 130 valence electrons. The van der Waals surface area contributed by atoms with E-state index in [1.807, 2.05) is 48.7 Å². The molecule has 3 aromatic rings. The smallest absolute Gasteiger partial charge is 0.135 e. The van der Waals surface area contributed by atoms with Crippen molar-refractivity contribution in [1.82, 2.24) is 9.88 Å². The molecule has 5 heteroatoms. The van der Waals surface area contributed by atoms with Gasteiger partial charge in [0.2, 0.25) is 0 Å². The Balaban J connectivity index is 1.47. The van der Waals surface area contributed by atoms with E-state index in [9.17, 15) is 5.26 Å². The number of morpholine rings is 1. The Labute approximate surface area is 152 Å². The number of benzene rings is 1. The Hall–Kier alpha value is -2.94. The zero-order valence-corrected chi connectivity index (χ0v) is 14.3. The highest BCUT2D eigenvalue weighted by atomic mass is 16.5. The molecule has 1 saturated heterocycles. The summed E-state index contributed by atoms with van der Waals surface area (Å²) < 4.78 is 11.9. The van der Waals surface area contributed by atoms with Crippen LogP contribution in [-0.2, 0) is 11.3 Å². The molecular formula is C21H19N3O2. The number of aromatic nitrogens is 1. The second kappa shape index (κ2) is 7.52. The van der Waals surface area contributed by atoms with Gasteiger partial charge in [-0.15, -0.1) is 0 Å². The summed E-state index contributed by atoms with van der Waals surface area (Å²) in [5, 5.41) is 9.27. The lowest BCUT2D eigenvalue weighted by molar-refractivity contribution is -0.0347. The molecule has 0 amide bonds. The zero-order chi connectivity index (χ0) is 17.8. The van der Waals surface area contributed by atoms with Crippen molar-refractivity contribution in [2.45, 2.75) is 12.6 Å². The molecule has 1 aliphatic heterocycles. The monoisotopic (exact) mass is 345 g/mol. The Kier molecular flexibility index (Phi) is 4.78. The van der Waals surface area contributed by atoms with Gasteiger partial charge in [-0.2, -0.15) is 5.26 Å². The summed E-state index contributed by atoms with van der Waals surface area (Å²) in [6, 6.07) is 17.6. The second-order valence-electron chi connectivity index (χ2n) is 6.30. The molecule has 1 atom stereocenters. The van der Waals surface area contributed by atoms with Crippen LogP contribution in [-0.4, -0.2) is 29.6 Å². The fraction of sp³-hybridized carbons (Fsp3) is 0.238. The van der Waals surface area contributed by atoms with Crippen molar-refractivity contribution in [1.29, 1.82) is 5.26 Å². The van der Waals surface area contributed by atoms with Crippen LogP contribution in [0.1, 0.15) is 23.0 Å². The molecule has 3 heterocycles. The lowest BCUT2D eigenvalue weighted by Crippen LogP contribution is -2.37. The molecule has 0 aliphatic carbocycles. The van der Waals surface area contributed by atoms with Gasteiger partial charge in [-0.05, 0) is 30.3 Å². The number of hydrogen-bond acceptors (Lipinski definition) is 5. The van der Waals surface area contributed by atoms with Crippen LogP contribution in [0.25, 0.3) is 11.3 Å². The minimum absolute atomic E-state index is 0.0335. The number of ether oxygens (including phenoxy) is 1. The first-order valence-electron chi connectivity index (χ1n) is 8.65. The fourth-order valence-corrected chi connectivity index (χ4v) is 3.24. The van der Waals surface area contributed by atoms with Crippen molar-refractivity contribution < 1.29 is 9.15 Å². The van der Waals surface area contributed by atoms with E-state index in [0.717, 1.165) is 42.3 Å². The first kappa shape index (κ1) is 16.5. The van der Waals surface area contributed by atoms with Crippen LogP contribution in [0.5, 0.6) is 0 Å². The number of furan rings is 1. The molecule has 0 bridgehead atoms. The van der Waals surface area contributed by atoms with Gasteiger partial charge in [0.05, 0.1) is 30.9 Å². The lowest BCUT2D eigenvalue weighted by Gasteiger charge is -2.32. The van der Waals surface area contributed by atoms with Gasteiger partial charge in [0.1, 0.15) is 11.5 Å². The van der Waals surface area contributed by atoms with Crippen molar-refractivity contribution in [2.24, 2.45) is 0 Å². The quantitative estimate of drug-likeness (QED) is 0.720. The normalized spacial score (nSPS) is 17.7. The van der Waals surface area contributed by atoms with Crippen LogP contribution in [0.2, 0.25) is 0 Å². The molecule has 0 radical (unpaired) electrons. The van der Waals surface area contributed by atoms with Gasteiger partial charge in [-0.3, -0.25) is 9.88 Å². The highest BCUT2D eigenvalue weighted by molar-refractivity contribution is 5.66. The summed E-state index contributed by atoms with van der Waals surface area (Å²) in [5.41, 5.74) is 2.55. The van der Waals surface area contributed by atoms with Crippen LogP contribution in [0.15, 0.2) is 65.3 Å². The third kappa shape index (κ3) is 3.52. The third-order valence-corrected chi connectivity index (χ3v) is 4.56. The Bertz CT molecular complexity index is 914. The van der Waals surface area contributed by atoms with Gasteiger partial charge in [0.25, 0.3) is 0 Å². The van der Waals surface area contributed by atoms with Crippen molar-refractivity contribution in [3.8, 4) is 17.4 Å². The van der Waals surface area contributed by atoms with Gasteiger partial charge >= 0.3 is 0 Å². The highest BCUT2D eigenvalue weighted by Crippen LogP contribution is 2.27. The van der Waals surface area contributed by atoms with Crippen LogP contribution in [0.4, 0.5) is 0 Å². The summed E-state index contributed by atoms with van der Waals surface area (Å²) in [6.45, 7) is 3.07. The summed E-state index contributed by atoms with van der Waals surface area (Å²) in [6.07, 6.45) is 3.66. The van der Waals surface area contributed by atoms with Gasteiger partial charge in [0.15, 0.2) is 0 Å². The van der Waals surface area contributed by atoms with E-state index in [-0.39, 0.29) is 6.10 Å². The second-order valence-corrected chi connectivity index (χ2v) is 6.30. The molecule has 1 aromatic carbocycles. The number of rotatable bonds is 4. The lowest BCUT2D eigenvalue weighted by atomic mass is 10.1. The van der Waals surface area contributed by atoms with E-state index in [1.54, 1.807) is 12.3 Å². The fourth-order valence-electron chi connectivity index (χ4n) is 3.24. The van der Waals surface area contributed by atoms with Gasteiger partial charge in [0, 0.05) is 36.6 Å². The van der Waals surface area contributed by atoms with Crippen LogP contribution in [0.3, 0.4) is 0 Å². The van der Waals surface area contributed by atoms with E-state index >= 15 is 0 Å². The number of nitrogens with zero attached hydrogens (tertiary/aromatic N) is 3. The first-order chi connectivity index (χ1) is 12.8. The summed E-state index contributed by atoms with van der Waals surface area (Å²) in [4.78, 5) is 6.50.